The zero-order valence-corrected chi connectivity index (χ0v) is 15.3. The Morgan fingerprint density at radius 1 is 1.19 bits per heavy atom. The van der Waals surface area contributed by atoms with Gasteiger partial charge in [0.05, 0.1) is 23.9 Å². The molecule has 2 aromatic carbocycles. The first-order chi connectivity index (χ1) is 12.6. The molecule has 2 aliphatic rings. The van der Waals surface area contributed by atoms with Crippen molar-refractivity contribution in [2.24, 2.45) is 4.99 Å². The second kappa shape index (κ2) is 6.45. The first kappa shape index (κ1) is 16.6. The van der Waals surface area contributed by atoms with Crippen molar-refractivity contribution in [2.45, 2.75) is 33.2 Å². The van der Waals surface area contributed by atoms with E-state index in [1.165, 1.54) is 11.1 Å². The van der Waals surface area contributed by atoms with E-state index in [-0.39, 0.29) is 11.9 Å². The van der Waals surface area contributed by atoms with Crippen LogP contribution in [-0.2, 0) is 0 Å². The van der Waals surface area contributed by atoms with Gasteiger partial charge in [-0.3, -0.25) is 9.79 Å². The number of carbonyl (C=O) groups excluding carboxylic acids is 1. The number of aliphatic imine (C=N–C) groups is 1. The zero-order chi connectivity index (χ0) is 18.3. The summed E-state index contributed by atoms with van der Waals surface area (Å²) in [5.74, 6) is 0.782. The molecular weight excluding hydrogens is 324 g/mol. The van der Waals surface area contributed by atoms with Gasteiger partial charge in [-0.05, 0) is 43.5 Å². The van der Waals surface area contributed by atoms with Crippen molar-refractivity contribution in [2.75, 3.05) is 6.61 Å². The Labute approximate surface area is 153 Å². The molecule has 1 atom stereocenters. The quantitative estimate of drug-likeness (QED) is 0.810. The van der Waals surface area contributed by atoms with Crippen LogP contribution in [0.3, 0.4) is 0 Å². The van der Waals surface area contributed by atoms with Crippen LogP contribution in [0, 0.1) is 13.8 Å². The lowest BCUT2D eigenvalue weighted by atomic mass is 10.0. The molecule has 0 N–H and O–H groups in total. The molecule has 4 nitrogen and oxygen atoms in total. The fourth-order valence-corrected chi connectivity index (χ4v) is 3.51. The SMILES string of the molecule is CCOc1cc2c(cc1C)C(=O)N1C=C(c3ccc(C)cc3)C[C@H]1C=N2. The van der Waals surface area contributed by atoms with E-state index in [0.29, 0.717) is 17.9 Å². The van der Waals surface area contributed by atoms with Crippen LogP contribution in [0.5, 0.6) is 5.75 Å². The Bertz CT molecular complexity index is 926. The molecule has 0 saturated carbocycles. The fourth-order valence-electron chi connectivity index (χ4n) is 3.51. The van der Waals surface area contributed by atoms with Crippen LogP contribution in [0.1, 0.15) is 40.4 Å². The van der Waals surface area contributed by atoms with Gasteiger partial charge in [0.15, 0.2) is 0 Å². The number of rotatable bonds is 3. The minimum atomic E-state index is -0.0398. The molecule has 4 rings (SSSR count). The molecular formula is C22H22N2O2. The number of aryl methyl sites for hydroxylation is 2. The van der Waals surface area contributed by atoms with E-state index in [9.17, 15) is 4.79 Å². The Morgan fingerprint density at radius 3 is 2.69 bits per heavy atom. The molecule has 132 valence electrons. The van der Waals surface area contributed by atoms with Crippen molar-refractivity contribution >= 4 is 23.4 Å². The molecule has 0 unspecified atom stereocenters. The summed E-state index contributed by atoms with van der Waals surface area (Å²) >= 11 is 0. The van der Waals surface area contributed by atoms with E-state index >= 15 is 0 Å². The van der Waals surface area contributed by atoms with Gasteiger partial charge in [-0.25, -0.2) is 0 Å². The number of fused-ring (bicyclic) bond motifs is 2. The van der Waals surface area contributed by atoms with Crippen molar-refractivity contribution in [1.82, 2.24) is 4.90 Å². The maximum absolute atomic E-state index is 13.1. The number of amides is 1. The van der Waals surface area contributed by atoms with Crippen LogP contribution >= 0.6 is 0 Å². The molecule has 0 aromatic heterocycles. The topological polar surface area (TPSA) is 41.9 Å². The lowest BCUT2D eigenvalue weighted by Gasteiger charge is -2.18. The monoisotopic (exact) mass is 346 g/mol. The van der Waals surface area contributed by atoms with E-state index in [1.54, 1.807) is 0 Å². The summed E-state index contributed by atoms with van der Waals surface area (Å²) < 4.78 is 5.65. The number of ether oxygens (including phenoxy) is 1. The molecule has 0 radical (unpaired) electrons. The summed E-state index contributed by atoms with van der Waals surface area (Å²) in [6, 6.07) is 12.1. The zero-order valence-electron chi connectivity index (χ0n) is 15.3. The lowest BCUT2D eigenvalue weighted by molar-refractivity contribution is 0.0817. The molecule has 26 heavy (non-hydrogen) atoms. The average molecular weight is 346 g/mol. The van der Waals surface area contributed by atoms with Crippen LogP contribution in [0.2, 0.25) is 0 Å². The molecule has 0 saturated heterocycles. The normalized spacial score (nSPS) is 18.3. The third-order valence-electron chi connectivity index (χ3n) is 4.95. The van der Waals surface area contributed by atoms with Crippen LogP contribution in [0.25, 0.3) is 5.57 Å². The third-order valence-corrected chi connectivity index (χ3v) is 4.95. The van der Waals surface area contributed by atoms with E-state index in [2.05, 4.69) is 36.2 Å². The first-order valence-electron chi connectivity index (χ1n) is 8.99. The van der Waals surface area contributed by atoms with Gasteiger partial charge >= 0.3 is 0 Å². The van der Waals surface area contributed by atoms with Gasteiger partial charge in [0.1, 0.15) is 5.75 Å². The Balaban J connectivity index is 1.70. The molecule has 1 amide bonds. The molecule has 0 bridgehead atoms. The molecule has 2 aromatic rings. The molecule has 4 heteroatoms. The van der Waals surface area contributed by atoms with Gasteiger partial charge < -0.3 is 9.64 Å². The highest BCUT2D eigenvalue weighted by atomic mass is 16.5. The predicted molar refractivity (Wildman–Crippen MR) is 104 cm³/mol. The van der Waals surface area contributed by atoms with Gasteiger partial charge in [-0.15, -0.1) is 0 Å². The van der Waals surface area contributed by atoms with E-state index < -0.39 is 0 Å². The highest BCUT2D eigenvalue weighted by Crippen LogP contribution is 2.36. The van der Waals surface area contributed by atoms with Crippen molar-refractivity contribution in [3.05, 3.63) is 64.9 Å². The first-order valence-corrected chi connectivity index (χ1v) is 8.99. The van der Waals surface area contributed by atoms with Gasteiger partial charge in [0.25, 0.3) is 5.91 Å². The lowest BCUT2D eigenvalue weighted by Crippen LogP contribution is -2.32. The number of carbonyl (C=O) groups is 1. The van der Waals surface area contributed by atoms with Gasteiger partial charge in [0, 0.05) is 24.9 Å². The van der Waals surface area contributed by atoms with Crippen molar-refractivity contribution in [1.29, 1.82) is 0 Å². The van der Waals surface area contributed by atoms with E-state index in [4.69, 9.17) is 4.74 Å². The summed E-state index contributed by atoms with van der Waals surface area (Å²) in [5.41, 5.74) is 5.83. The van der Waals surface area contributed by atoms with Gasteiger partial charge in [-0.1, -0.05) is 29.8 Å². The molecule has 2 heterocycles. The number of benzene rings is 2. The molecule has 2 aliphatic heterocycles. The Kier molecular flexibility index (Phi) is 4.11. The van der Waals surface area contributed by atoms with E-state index in [0.717, 1.165) is 23.3 Å². The standard InChI is InChI=1S/C22H22N2O2/c1-4-26-21-11-20-19(9-15(21)3)22(25)24-13-17(10-18(24)12-23-20)16-7-5-14(2)6-8-16/h5-9,11-13,18H,4,10H2,1-3H3/t18-/m0/s1. The molecule has 0 aliphatic carbocycles. The van der Waals surface area contributed by atoms with Crippen LogP contribution < -0.4 is 4.74 Å². The minimum absolute atomic E-state index is 0.00393. The summed E-state index contributed by atoms with van der Waals surface area (Å²) in [6.45, 7) is 6.58. The average Bonchev–Trinajstić information content (AvgIpc) is 3.01. The van der Waals surface area contributed by atoms with Crippen molar-refractivity contribution < 1.29 is 9.53 Å². The van der Waals surface area contributed by atoms with Crippen LogP contribution in [0.4, 0.5) is 5.69 Å². The molecule has 0 fully saturated rings. The molecule has 0 spiro atoms. The maximum atomic E-state index is 13.1. The highest BCUT2D eigenvalue weighted by molar-refractivity contribution is 6.05. The van der Waals surface area contributed by atoms with Crippen molar-refractivity contribution in [3.63, 3.8) is 0 Å². The van der Waals surface area contributed by atoms with E-state index in [1.807, 2.05) is 43.3 Å². The smallest absolute Gasteiger partial charge is 0.260 e. The number of hydrogen-bond acceptors (Lipinski definition) is 3. The largest absolute Gasteiger partial charge is 0.494 e. The third kappa shape index (κ3) is 2.81. The second-order valence-electron chi connectivity index (χ2n) is 6.85. The fraction of sp³-hybridized carbons (Fsp3) is 0.273. The highest BCUT2D eigenvalue weighted by Gasteiger charge is 2.32. The van der Waals surface area contributed by atoms with Crippen LogP contribution in [0.15, 0.2) is 47.6 Å². The van der Waals surface area contributed by atoms with Crippen molar-refractivity contribution in [3.8, 4) is 5.75 Å². The summed E-state index contributed by atoms with van der Waals surface area (Å²) in [5, 5.41) is 0. The summed E-state index contributed by atoms with van der Waals surface area (Å²) in [4.78, 5) is 19.5. The number of nitrogens with zero attached hydrogens (tertiary/aromatic N) is 2. The summed E-state index contributed by atoms with van der Waals surface area (Å²) in [6.07, 6.45) is 4.64. The number of hydrogen-bond donors (Lipinski definition) is 0. The summed E-state index contributed by atoms with van der Waals surface area (Å²) in [7, 11) is 0. The minimum Gasteiger partial charge on any atom is -0.494 e. The van der Waals surface area contributed by atoms with Gasteiger partial charge in [-0.2, -0.15) is 0 Å². The van der Waals surface area contributed by atoms with Gasteiger partial charge in [0.2, 0.25) is 0 Å². The van der Waals surface area contributed by atoms with Crippen LogP contribution in [-0.4, -0.2) is 29.7 Å². The Hall–Kier alpha value is -2.88. The Morgan fingerprint density at radius 2 is 1.96 bits per heavy atom. The second-order valence-corrected chi connectivity index (χ2v) is 6.85. The predicted octanol–water partition coefficient (Wildman–Crippen LogP) is 4.67. The maximum Gasteiger partial charge on any atom is 0.260 e.